The minimum Gasteiger partial charge on any atom is -0.480 e. The van der Waals surface area contributed by atoms with E-state index in [1.165, 1.54) is 17.0 Å². The molecule has 0 saturated heterocycles. The summed E-state index contributed by atoms with van der Waals surface area (Å²) in [6.07, 6.45) is 1.62. The number of rotatable bonds is 6. The van der Waals surface area contributed by atoms with Crippen LogP contribution in [0.15, 0.2) is 23.1 Å². The number of amides is 1. The lowest BCUT2D eigenvalue weighted by atomic mass is 10.0. The Morgan fingerprint density at radius 2 is 1.86 bits per heavy atom. The Morgan fingerprint density at radius 1 is 1.24 bits per heavy atom. The maximum atomic E-state index is 12.4. The number of hydrogen-bond donors (Lipinski definition) is 1. The number of hydrogen-bond acceptors (Lipinski definition) is 4. The number of nitrogens with zero attached hydrogens (tertiary/aromatic N) is 1. The van der Waals surface area contributed by atoms with Crippen molar-refractivity contribution >= 4 is 21.7 Å². The minimum atomic E-state index is -3.43. The van der Waals surface area contributed by atoms with Crippen molar-refractivity contribution in [2.24, 2.45) is 0 Å². The van der Waals surface area contributed by atoms with Gasteiger partial charge in [-0.1, -0.05) is 13.0 Å². The van der Waals surface area contributed by atoms with Crippen LogP contribution in [0, 0.1) is 0 Å². The van der Waals surface area contributed by atoms with E-state index in [4.69, 9.17) is 5.11 Å². The first-order valence-electron chi connectivity index (χ1n) is 6.54. The minimum absolute atomic E-state index is 0.0504. The molecule has 0 aliphatic heterocycles. The topological polar surface area (TPSA) is 91.8 Å². The highest BCUT2D eigenvalue weighted by atomic mass is 32.2. The molecule has 1 aromatic carbocycles. The molecule has 7 heteroatoms. The molecule has 1 aromatic rings. The first-order valence-corrected chi connectivity index (χ1v) is 8.43. The van der Waals surface area contributed by atoms with Crippen LogP contribution in [0.5, 0.6) is 0 Å². The molecule has 0 spiro atoms. The van der Waals surface area contributed by atoms with Crippen LogP contribution in [0.4, 0.5) is 0 Å². The zero-order valence-corrected chi connectivity index (χ0v) is 13.1. The predicted molar refractivity (Wildman–Crippen MR) is 78.1 cm³/mol. The van der Waals surface area contributed by atoms with Gasteiger partial charge in [0, 0.05) is 18.4 Å². The van der Waals surface area contributed by atoms with Crippen LogP contribution < -0.4 is 0 Å². The number of carbonyl (C=O) groups is 2. The lowest BCUT2D eigenvalue weighted by molar-refractivity contribution is -0.137. The van der Waals surface area contributed by atoms with E-state index < -0.39 is 28.3 Å². The van der Waals surface area contributed by atoms with Crippen molar-refractivity contribution in [3.63, 3.8) is 0 Å². The van der Waals surface area contributed by atoms with Crippen LogP contribution >= 0.6 is 0 Å². The van der Waals surface area contributed by atoms with Gasteiger partial charge in [0.2, 0.25) is 0 Å². The van der Waals surface area contributed by atoms with Crippen LogP contribution in [0.2, 0.25) is 0 Å². The number of aryl methyl sites for hydroxylation is 1. The fourth-order valence-electron chi connectivity index (χ4n) is 1.95. The molecule has 0 unspecified atom stereocenters. The molecule has 0 atom stereocenters. The fraction of sp³-hybridized carbons (Fsp3) is 0.429. The summed E-state index contributed by atoms with van der Waals surface area (Å²) in [6.45, 7) is 3.34. The molecule has 0 fully saturated rings. The Balaban J connectivity index is 3.31. The normalized spacial score (nSPS) is 11.2. The summed E-state index contributed by atoms with van der Waals surface area (Å²) in [6, 6.07) is 4.37. The van der Waals surface area contributed by atoms with E-state index in [0.29, 0.717) is 12.0 Å². The molecule has 6 nitrogen and oxygen atoms in total. The number of carboxylic acid groups (broad SMARTS) is 1. The van der Waals surface area contributed by atoms with Gasteiger partial charge >= 0.3 is 5.97 Å². The van der Waals surface area contributed by atoms with Gasteiger partial charge in [-0.2, -0.15) is 0 Å². The molecular weight excluding hydrogens is 294 g/mol. The highest BCUT2D eigenvalue weighted by molar-refractivity contribution is 7.90. The molecular formula is C14H19NO5S. The van der Waals surface area contributed by atoms with Gasteiger partial charge in [-0.05, 0) is 31.0 Å². The number of carbonyl (C=O) groups excluding carboxylic acids is 1. The monoisotopic (exact) mass is 313 g/mol. The average Bonchev–Trinajstić information content (AvgIpc) is 2.42. The average molecular weight is 313 g/mol. The van der Waals surface area contributed by atoms with Crippen LogP contribution in [0.1, 0.15) is 29.8 Å². The Morgan fingerprint density at radius 3 is 2.29 bits per heavy atom. The summed E-state index contributed by atoms with van der Waals surface area (Å²) in [5, 5.41) is 8.83. The van der Waals surface area contributed by atoms with Gasteiger partial charge in [0.15, 0.2) is 9.84 Å². The van der Waals surface area contributed by atoms with Gasteiger partial charge < -0.3 is 10.0 Å². The molecule has 1 N–H and O–H groups in total. The van der Waals surface area contributed by atoms with E-state index in [9.17, 15) is 18.0 Å². The van der Waals surface area contributed by atoms with Crippen molar-refractivity contribution in [3.05, 3.63) is 29.3 Å². The smallest absolute Gasteiger partial charge is 0.323 e. The van der Waals surface area contributed by atoms with E-state index in [1.807, 2.05) is 6.92 Å². The van der Waals surface area contributed by atoms with Crippen molar-refractivity contribution in [1.82, 2.24) is 4.90 Å². The molecule has 1 amide bonds. The van der Waals surface area contributed by atoms with Crippen molar-refractivity contribution in [2.75, 3.05) is 19.3 Å². The molecule has 0 aliphatic carbocycles. The van der Waals surface area contributed by atoms with Gasteiger partial charge in [0.1, 0.15) is 6.54 Å². The SMILES string of the molecule is CCc1ccc(S(C)(=O)=O)cc1C(=O)N(CC)CC(=O)O. The molecule has 21 heavy (non-hydrogen) atoms. The van der Waals surface area contributed by atoms with E-state index in [-0.39, 0.29) is 17.0 Å². The highest BCUT2D eigenvalue weighted by Gasteiger charge is 2.21. The second-order valence-electron chi connectivity index (χ2n) is 4.66. The third kappa shape index (κ3) is 4.29. The molecule has 0 saturated carbocycles. The highest BCUT2D eigenvalue weighted by Crippen LogP contribution is 2.18. The Hall–Kier alpha value is -1.89. The second-order valence-corrected chi connectivity index (χ2v) is 6.67. The molecule has 0 bridgehead atoms. The van der Waals surface area contributed by atoms with Crippen LogP contribution in [-0.4, -0.2) is 49.6 Å². The zero-order valence-electron chi connectivity index (χ0n) is 12.3. The van der Waals surface area contributed by atoms with Gasteiger partial charge in [-0.3, -0.25) is 9.59 Å². The van der Waals surface area contributed by atoms with Crippen molar-refractivity contribution in [2.45, 2.75) is 25.2 Å². The Labute approximate surface area is 124 Å². The largest absolute Gasteiger partial charge is 0.480 e. The van der Waals surface area contributed by atoms with Crippen LogP contribution in [0.25, 0.3) is 0 Å². The van der Waals surface area contributed by atoms with E-state index >= 15 is 0 Å². The number of sulfone groups is 1. The van der Waals surface area contributed by atoms with E-state index in [2.05, 4.69) is 0 Å². The molecule has 0 aromatic heterocycles. The first-order chi connectivity index (χ1) is 9.70. The second kappa shape index (κ2) is 6.71. The van der Waals surface area contributed by atoms with Crippen LogP contribution in [0.3, 0.4) is 0 Å². The van der Waals surface area contributed by atoms with Gasteiger partial charge in [0.05, 0.1) is 4.90 Å². The summed E-state index contributed by atoms with van der Waals surface area (Å²) in [5.41, 5.74) is 0.930. The van der Waals surface area contributed by atoms with Gasteiger partial charge in [0.25, 0.3) is 5.91 Å². The van der Waals surface area contributed by atoms with E-state index in [1.54, 1.807) is 13.0 Å². The molecule has 0 heterocycles. The van der Waals surface area contributed by atoms with Crippen molar-refractivity contribution in [3.8, 4) is 0 Å². The number of carboxylic acids is 1. The molecule has 116 valence electrons. The summed E-state index contributed by atoms with van der Waals surface area (Å²) >= 11 is 0. The lowest BCUT2D eigenvalue weighted by Gasteiger charge is -2.20. The molecule has 1 rings (SSSR count). The number of benzene rings is 1. The lowest BCUT2D eigenvalue weighted by Crippen LogP contribution is -2.36. The Kier molecular flexibility index (Phi) is 5.48. The van der Waals surface area contributed by atoms with Gasteiger partial charge in [-0.25, -0.2) is 8.42 Å². The maximum absolute atomic E-state index is 12.4. The van der Waals surface area contributed by atoms with Crippen LogP contribution in [-0.2, 0) is 21.1 Å². The Bertz CT molecular complexity index is 651. The molecule has 0 aliphatic rings. The summed E-state index contributed by atoms with van der Waals surface area (Å²) in [4.78, 5) is 24.5. The zero-order chi connectivity index (χ0) is 16.2. The van der Waals surface area contributed by atoms with E-state index in [0.717, 1.165) is 6.26 Å². The molecule has 0 radical (unpaired) electrons. The first kappa shape index (κ1) is 17.2. The van der Waals surface area contributed by atoms with Crippen molar-refractivity contribution in [1.29, 1.82) is 0 Å². The fourth-order valence-corrected chi connectivity index (χ4v) is 2.60. The summed E-state index contributed by atoms with van der Waals surface area (Å²) < 4.78 is 23.2. The number of likely N-dealkylation sites (N-methyl/N-ethyl adjacent to an activating group) is 1. The third-order valence-electron chi connectivity index (χ3n) is 3.12. The summed E-state index contributed by atoms with van der Waals surface area (Å²) in [5.74, 6) is -1.58. The standard InChI is InChI=1S/C14H19NO5S/c1-4-10-6-7-11(21(3,19)20)8-12(10)14(18)15(5-2)9-13(16)17/h6-8H,4-5,9H2,1-3H3,(H,16,17). The van der Waals surface area contributed by atoms with Gasteiger partial charge in [-0.15, -0.1) is 0 Å². The quantitative estimate of drug-likeness (QED) is 0.852. The number of aliphatic carboxylic acids is 1. The van der Waals surface area contributed by atoms with Crippen molar-refractivity contribution < 1.29 is 23.1 Å². The predicted octanol–water partition coefficient (Wildman–Crippen LogP) is 1.20. The third-order valence-corrected chi connectivity index (χ3v) is 4.23. The maximum Gasteiger partial charge on any atom is 0.323 e. The summed E-state index contributed by atoms with van der Waals surface area (Å²) in [7, 11) is -3.43.